The van der Waals surface area contributed by atoms with Gasteiger partial charge in [0.2, 0.25) is 0 Å². The van der Waals surface area contributed by atoms with Gasteiger partial charge in [0.1, 0.15) is 24.7 Å². The molecule has 37 heavy (non-hydrogen) atoms. The summed E-state index contributed by atoms with van der Waals surface area (Å²) in [7, 11) is 4.09. The number of esters is 1. The number of carbonyl (C=O) groups excluding carboxylic acids is 2. The molecule has 0 amide bonds. The van der Waals surface area contributed by atoms with Crippen molar-refractivity contribution in [1.29, 1.82) is 5.41 Å². The van der Waals surface area contributed by atoms with Crippen molar-refractivity contribution in [3.8, 4) is 17.2 Å². The number of amidine groups is 1. The fourth-order valence-electron chi connectivity index (χ4n) is 4.70. The zero-order valence-corrected chi connectivity index (χ0v) is 22.0. The number of fused-ring (bicyclic) bond motifs is 2. The molecular formula is C27H32FN3O6. The second kappa shape index (κ2) is 9.91. The molecule has 1 N–H and O–H groups in total. The standard InChI is InChI=1S/C27H32FN3O6/c1-27(2,3)17-9-15(10-18-24(17)37-8-7-30(18)14-21(33)35-5)19(32)13-31-12-16-11-20(34-4)25(36-6)23(28)22(16)26(31)29/h9-11,29H,7-8,12-14H2,1-6H3. The van der Waals surface area contributed by atoms with Gasteiger partial charge in [0.05, 0.1) is 45.7 Å². The van der Waals surface area contributed by atoms with Gasteiger partial charge in [0.25, 0.3) is 0 Å². The molecule has 0 fully saturated rings. The first-order valence-electron chi connectivity index (χ1n) is 11.9. The monoisotopic (exact) mass is 513 g/mol. The molecule has 0 saturated carbocycles. The Kier molecular flexibility index (Phi) is 7.03. The molecule has 9 nitrogen and oxygen atoms in total. The number of ketones is 1. The molecule has 0 unspecified atom stereocenters. The number of methoxy groups -OCH3 is 3. The first-order chi connectivity index (χ1) is 17.5. The number of nitrogens with one attached hydrogen (secondary N) is 1. The number of hydrogen-bond donors (Lipinski definition) is 1. The van der Waals surface area contributed by atoms with E-state index in [-0.39, 0.29) is 53.7 Å². The maximum atomic E-state index is 15.1. The van der Waals surface area contributed by atoms with E-state index in [4.69, 9.17) is 24.4 Å². The molecular weight excluding hydrogens is 481 g/mol. The molecule has 0 aromatic heterocycles. The number of anilines is 1. The maximum absolute atomic E-state index is 15.1. The van der Waals surface area contributed by atoms with Crippen LogP contribution in [0.15, 0.2) is 18.2 Å². The number of Topliss-reactive ketones (excluding diaryl/α,β-unsaturated/α-hetero) is 1. The van der Waals surface area contributed by atoms with Crippen LogP contribution in [0.4, 0.5) is 10.1 Å². The second-order valence-corrected chi connectivity index (χ2v) is 10.1. The minimum Gasteiger partial charge on any atom is -0.493 e. The molecule has 2 aromatic carbocycles. The summed E-state index contributed by atoms with van der Waals surface area (Å²) >= 11 is 0. The van der Waals surface area contributed by atoms with Crippen molar-refractivity contribution in [3.05, 3.63) is 46.3 Å². The van der Waals surface area contributed by atoms with Crippen LogP contribution in [0, 0.1) is 11.2 Å². The first kappa shape index (κ1) is 26.2. The van der Waals surface area contributed by atoms with E-state index in [0.717, 1.165) is 5.56 Å². The average molecular weight is 514 g/mol. The van der Waals surface area contributed by atoms with E-state index < -0.39 is 11.8 Å². The zero-order valence-electron chi connectivity index (χ0n) is 22.0. The summed E-state index contributed by atoms with van der Waals surface area (Å²) in [6, 6.07) is 5.16. The van der Waals surface area contributed by atoms with Crippen molar-refractivity contribution in [2.24, 2.45) is 0 Å². The van der Waals surface area contributed by atoms with Gasteiger partial charge < -0.3 is 28.7 Å². The number of nitrogens with zero attached hydrogens (tertiary/aromatic N) is 2. The van der Waals surface area contributed by atoms with Crippen LogP contribution in [0.1, 0.15) is 47.8 Å². The molecule has 0 radical (unpaired) electrons. The Labute approximate surface area is 215 Å². The molecule has 2 aliphatic heterocycles. The van der Waals surface area contributed by atoms with Crippen LogP contribution in [0.2, 0.25) is 0 Å². The van der Waals surface area contributed by atoms with Gasteiger partial charge >= 0.3 is 5.97 Å². The fourth-order valence-corrected chi connectivity index (χ4v) is 4.70. The highest BCUT2D eigenvalue weighted by Crippen LogP contribution is 2.42. The molecule has 10 heteroatoms. The van der Waals surface area contributed by atoms with Gasteiger partial charge in [-0.05, 0) is 29.2 Å². The molecule has 0 bridgehead atoms. The Morgan fingerprint density at radius 3 is 2.43 bits per heavy atom. The van der Waals surface area contributed by atoms with Crippen molar-refractivity contribution in [3.63, 3.8) is 0 Å². The summed E-state index contributed by atoms with van der Waals surface area (Å²) in [5, 5.41) is 8.56. The molecule has 0 atom stereocenters. The van der Waals surface area contributed by atoms with Gasteiger partial charge in [-0.25, -0.2) is 4.39 Å². The third kappa shape index (κ3) is 4.80. The van der Waals surface area contributed by atoms with Crippen LogP contribution in [-0.2, 0) is 21.5 Å². The highest BCUT2D eigenvalue weighted by Gasteiger charge is 2.34. The lowest BCUT2D eigenvalue weighted by molar-refractivity contribution is -0.139. The summed E-state index contributed by atoms with van der Waals surface area (Å²) in [6.07, 6.45) is 0. The maximum Gasteiger partial charge on any atom is 0.325 e. The Hall–Kier alpha value is -3.82. The number of ether oxygens (including phenoxy) is 4. The quantitative estimate of drug-likeness (QED) is 0.443. The molecule has 2 aliphatic rings. The highest BCUT2D eigenvalue weighted by atomic mass is 19.1. The van der Waals surface area contributed by atoms with Gasteiger partial charge in [-0.2, -0.15) is 0 Å². The first-order valence-corrected chi connectivity index (χ1v) is 11.9. The summed E-state index contributed by atoms with van der Waals surface area (Å²) < 4.78 is 36.4. The van der Waals surface area contributed by atoms with E-state index in [1.807, 2.05) is 31.7 Å². The van der Waals surface area contributed by atoms with Crippen molar-refractivity contribution in [1.82, 2.24) is 4.90 Å². The molecule has 0 aliphatic carbocycles. The number of hydrogen-bond acceptors (Lipinski definition) is 8. The van der Waals surface area contributed by atoms with Crippen molar-refractivity contribution in [2.75, 3.05) is 52.5 Å². The Morgan fingerprint density at radius 1 is 1.08 bits per heavy atom. The minimum atomic E-state index is -0.684. The van der Waals surface area contributed by atoms with E-state index >= 15 is 4.39 Å². The van der Waals surface area contributed by atoms with Gasteiger partial charge in [-0.3, -0.25) is 15.0 Å². The van der Waals surface area contributed by atoms with Crippen molar-refractivity contribution in [2.45, 2.75) is 32.7 Å². The third-order valence-electron chi connectivity index (χ3n) is 6.64. The van der Waals surface area contributed by atoms with Gasteiger partial charge in [-0.15, -0.1) is 0 Å². The molecule has 198 valence electrons. The minimum absolute atomic E-state index is 0.0309. The topological polar surface area (TPSA) is 101 Å². The molecule has 0 spiro atoms. The Morgan fingerprint density at radius 2 is 1.81 bits per heavy atom. The zero-order chi connectivity index (χ0) is 27.1. The molecule has 4 rings (SSSR count). The van der Waals surface area contributed by atoms with Crippen LogP contribution in [0.5, 0.6) is 17.2 Å². The van der Waals surface area contributed by atoms with Crippen LogP contribution in [0.25, 0.3) is 0 Å². The van der Waals surface area contributed by atoms with Crippen molar-refractivity contribution < 1.29 is 32.9 Å². The molecule has 2 heterocycles. The smallest absolute Gasteiger partial charge is 0.325 e. The lowest BCUT2D eigenvalue weighted by Crippen LogP contribution is -2.38. The van der Waals surface area contributed by atoms with E-state index in [9.17, 15) is 9.59 Å². The van der Waals surface area contributed by atoms with E-state index in [1.165, 1.54) is 26.2 Å². The summed E-state index contributed by atoms with van der Waals surface area (Å²) in [4.78, 5) is 28.9. The predicted molar refractivity (Wildman–Crippen MR) is 136 cm³/mol. The van der Waals surface area contributed by atoms with Gasteiger partial charge in [0, 0.05) is 17.7 Å². The van der Waals surface area contributed by atoms with E-state index in [0.29, 0.717) is 35.7 Å². The normalized spacial score (nSPS) is 14.6. The van der Waals surface area contributed by atoms with Crippen LogP contribution in [-0.4, -0.2) is 70.1 Å². The SMILES string of the molecule is COC(=O)CN1CCOc2c1cc(C(=O)CN1Cc3cc(OC)c(OC)c(F)c3C1=N)cc2C(C)(C)C. The predicted octanol–water partition coefficient (Wildman–Crippen LogP) is 3.54. The van der Waals surface area contributed by atoms with Gasteiger partial charge in [0.15, 0.2) is 23.1 Å². The summed E-state index contributed by atoms with van der Waals surface area (Å²) in [5.74, 6) is -0.611. The fraction of sp³-hybridized carbons (Fsp3) is 0.444. The van der Waals surface area contributed by atoms with Crippen molar-refractivity contribution >= 4 is 23.3 Å². The van der Waals surface area contributed by atoms with Crippen LogP contribution < -0.4 is 19.1 Å². The van der Waals surface area contributed by atoms with Crippen LogP contribution >= 0.6 is 0 Å². The van der Waals surface area contributed by atoms with Gasteiger partial charge in [-0.1, -0.05) is 20.8 Å². The lowest BCUT2D eigenvalue weighted by Gasteiger charge is -2.35. The second-order valence-electron chi connectivity index (χ2n) is 10.1. The largest absolute Gasteiger partial charge is 0.493 e. The number of carbonyl (C=O) groups is 2. The summed E-state index contributed by atoms with van der Waals surface area (Å²) in [5.41, 5.74) is 2.20. The molecule has 0 saturated heterocycles. The van der Waals surface area contributed by atoms with E-state index in [1.54, 1.807) is 12.1 Å². The number of benzene rings is 2. The van der Waals surface area contributed by atoms with Crippen LogP contribution in [0.3, 0.4) is 0 Å². The third-order valence-corrected chi connectivity index (χ3v) is 6.64. The molecule has 2 aromatic rings. The average Bonchev–Trinajstić information content (AvgIpc) is 3.17. The Balaban J connectivity index is 1.67. The summed E-state index contributed by atoms with van der Waals surface area (Å²) in [6.45, 7) is 7.04. The Bertz CT molecular complexity index is 1270. The lowest BCUT2D eigenvalue weighted by atomic mass is 9.84. The van der Waals surface area contributed by atoms with E-state index in [2.05, 4.69) is 0 Å². The highest BCUT2D eigenvalue weighted by molar-refractivity contribution is 6.06. The number of rotatable bonds is 7. The number of halogens is 1.